The Morgan fingerprint density at radius 2 is 1.86 bits per heavy atom. The zero-order chi connectivity index (χ0) is 15.8. The number of nitro groups is 1. The van der Waals surface area contributed by atoms with Crippen LogP contribution in [0.3, 0.4) is 0 Å². The van der Waals surface area contributed by atoms with E-state index in [-0.39, 0.29) is 5.69 Å². The molecule has 0 aliphatic rings. The summed E-state index contributed by atoms with van der Waals surface area (Å²) < 4.78 is 26.7. The molecule has 0 atom stereocenters. The van der Waals surface area contributed by atoms with E-state index in [0.717, 1.165) is 37.8 Å². The molecular formula is C15H22F2N2O2. The quantitative estimate of drug-likeness (QED) is 0.401. The van der Waals surface area contributed by atoms with Crippen LogP contribution in [-0.4, -0.2) is 11.5 Å². The van der Waals surface area contributed by atoms with Crippen molar-refractivity contribution in [1.82, 2.24) is 0 Å². The highest BCUT2D eigenvalue weighted by atomic mass is 19.2. The number of unbranched alkanes of at least 4 members (excludes halogenated alkanes) is 3. The van der Waals surface area contributed by atoms with E-state index in [9.17, 15) is 18.9 Å². The van der Waals surface area contributed by atoms with Crippen LogP contribution < -0.4 is 5.32 Å². The summed E-state index contributed by atoms with van der Waals surface area (Å²) in [6.07, 6.45) is 5.13. The maximum absolute atomic E-state index is 13.6. The molecule has 21 heavy (non-hydrogen) atoms. The first-order valence-corrected chi connectivity index (χ1v) is 7.29. The van der Waals surface area contributed by atoms with Crippen molar-refractivity contribution in [1.29, 1.82) is 0 Å². The van der Waals surface area contributed by atoms with Gasteiger partial charge in [-0.05, 0) is 18.4 Å². The van der Waals surface area contributed by atoms with Gasteiger partial charge in [-0.2, -0.15) is 0 Å². The molecule has 1 rings (SSSR count). The molecule has 0 saturated carbocycles. The number of rotatable bonds is 9. The van der Waals surface area contributed by atoms with Gasteiger partial charge in [0.05, 0.1) is 4.92 Å². The van der Waals surface area contributed by atoms with Crippen molar-refractivity contribution in [2.75, 3.05) is 11.9 Å². The number of benzene rings is 1. The Labute approximate surface area is 123 Å². The molecule has 1 N–H and O–H groups in total. The van der Waals surface area contributed by atoms with Gasteiger partial charge in [0, 0.05) is 12.6 Å². The normalized spacial score (nSPS) is 10.9. The van der Waals surface area contributed by atoms with Gasteiger partial charge in [0.25, 0.3) is 5.69 Å². The SMILES string of the molecule is CC(C)CCCCCCNc1c([N+](=O)[O-])ccc(F)c1F. The Morgan fingerprint density at radius 1 is 1.19 bits per heavy atom. The summed E-state index contributed by atoms with van der Waals surface area (Å²) in [5.74, 6) is -1.59. The first-order valence-electron chi connectivity index (χ1n) is 7.29. The summed E-state index contributed by atoms with van der Waals surface area (Å²) in [7, 11) is 0. The Hall–Kier alpha value is -1.72. The predicted octanol–water partition coefficient (Wildman–Crippen LogP) is 4.89. The molecule has 0 heterocycles. The largest absolute Gasteiger partial charge is 0.377 e. The van der Waals surface area contributed by atoms with Gasteiger partial charge < -0.3 is 5.32 Å². The van der Waals surface area contributed by atoms with Crippen molar-refractivity contribution in [2.45, 2.75) is 46.0 Å². The van der Waals surface area contributed by atoms with Gasteiger partial charge in [-0.1, -0.05) is 39.5 Å². The van der Waals surface area contributed by atoms with E-state index in [0.29, 0.717) is 12.5 Å². The zero-order valence-electron chi connectivity index (χ0n) is 12.5. The molecule has 0 radical (unpaired) electrons. The smallest absolute Gasteiger partial charge is 0.295 e. The lowest BCUT2D eigenvalue weighted by molar-refractivity contribution is -0.384. The van der Waals surface area contributed by atoms with Gasteiger partial charge in [-0.15, -0.1) is 0 Å². The highest BCUT2D eigenvalue weighted by Gasteiger charge is 2.20. The zero-order valence-corrected chi connectivity index (χ0v) is 12.5. The van der Waals surface area contributed by atoms with E-state index in [1.807, 2.05) is 0 Å². The topological polar surface area (TPSA) is 55.2 Å². The average Bonchev–Trinajstić information content (AvgIpc) is 2.41. The van der Waals surface area contributed by atoms with Crippen molar-refractivity contribution in [3.8, 4) is 0 Å². The molecule has 6 heteroatoms. The van der Waals surface area contributed by atoms with Crippen LogP contribution in [0.15, 0.2) is 12.1 Å². The van der Waals surface area contributed by atoms with Crippen LogP contribution in [0.25, 0.3) is 0 Å². The van der Waals surface area contributed by atoms with Crippen molar-refractivity contribution < 1.29 is 13.7 Å². The van der Waals surface area contributed by atoms with Crippen LogP contribution in [0, 0.1) is 27.7 Å². The molecular weight excluding hydrogens is 278 g/mol. The lowest BCUT2D eigenvalue weighted by Crippen LogP contribution is -2.07. The number of halogens is 2. The molecule has 0 spiro atoms. The van der Waals surface area contributed by atoms with Gasteiger partial charge in [-0.25, -0.2) is 8.78 Å². The maximum atomic E-state index is 13.6. The Bertz CT molecular complexity index is 479. The summed E-state index contributed by atoms with van der Waals surface area (Å²) in [6, 6.07) is 1.74. The van der Waals surface area contributed by atoms with Crippen molar-refractivity contribution >= 4 is 11.4 Å². The standard InChI is InChI=1S/C15H22F2N2O2/c1-11(2)7-5-3-4-6-10-18-15-13(19(20)21)9-8-12(16)14(15)17/h8-9,11,18H,3-7,10H2,1-2H3. The molecule has 0 aromatic heterocycles. The Kier molecular flexibility index (Phi) is 7.05. The van der Waals surface area contributed by atoms with Gasteiger partial charge in [0.1, 0.15) is 0 Å². The van der Waals surface area contributed by atoms with E-state index >= 15 is 0 Å². The molecule has 4 nitrogen and oxygen atoms in total. The predicted molar refractivity (Wildman–Crippen MR) is 79.4 cm³/mol. The van der Waals surface area contributed by atoms with Crippen LogP contribution in [0.4, 0.5) is 20.2 Å². The minimum atomic E-state index is -1.19. The lowest BCUT2D eigenvalue weighted by atomic mass is 10.0. The lowest BCUT2D eigenvalue weighted by Gasteiger charge is -2.09. The summed E-state index contributed by atoms with van der Waals surface area (Å²) in [6.45, 7) is 4.74. The molecule has 118 valence electrons. The second kappa shape index (κ2) is 8.54. The molecule has 1 aromatic carbocycles. The summed E-state index contributed by atoms with van der Waals surface area (Å²) in [5.41, 5.74) is -0.795. The van der Waals surface area contributed by atoms with E-state index < -0.39 is 22.2 Å². The van der Waals surface area contributed by atoms with Crippen LogP contribution in [-0.2, 0) is 0 Å². The van der Waals surface area contributed by atoms with E-state index in [1.54, 1.807) is 0 Å². The van der Waals surface area contributed by atoms with Crippen LogP contribution >= 0.6 is 0 Å². The number of anilines is 1. The summed E-state index contributed by atoms with van der Waals surface area (Å²) in [4.78, 5) is 10.1. The van der Waals surface area contributed by atoms with E-state index in [1.165, 1.54) is 6.42 Å². The van der Waals surface area contributed by atoms with Gasteiger partial charge in [0.2, 0.25) is 0 Å². The van der Waals surface area contributed by atoms with Gasteiger partial charge in [-0.3, -0.25) is 10.1 Å². The second-order valence-electron chi connectivity index (χ2n) is 5.54. The fourth-order valence-electron chi connectivity index (χ4n) is 2.11. The van der Waals surface area contributed by atoms with Crippen LogP contribution in [0.5, 0.6) is 0 Å². The molecule has 0 unspecified atom stereocenters. The molecule has 0 fully saturated rings. The number of hydrogen-bond donors (Lipinski definition) is 1. The highest BCUT2D eigenvalue weighted by Crippen LogP contribution is 2.29. The summed E-state index contributed by atoms with van der Waals surface area (Å²) >= 11 is 0. The first kappa shape index (κ1) is 17.3. The maximum Gasteiger partial charge on any atom is 0.295 e. The minimum absolute atomic E-state index is 0.359. The van der Waals surface area contributed by atoms with Gasteiger partial charge >= 0.3 is 0 Å². The molecule has 0 saturated heterocycles. The average molecular weight is 300 g/mol. The third-order valence-electron chi connectivity index (χ3n) is 3.28. The number of nitrogens with zero attached hydrogens (tertiary/aromatic N) is 1. The Morgan fingerprint density at radius 3 is 2.48 bits per heavy atom. The number of hydrogen-bond acceptors (Lipinski definition) is 3. The third-order valence-corrected chi connectivity index (χ3v) is 3.28. The van der Waals surface area contributed by atoms with Crippen LogP contribution in [0.1, 0.15) is 46.0 Å². The van der Waals surface area contributed by atoms with Crippen molar-refractivity contribution in [2.24, 2.45) is 5.92 Å². The molecule has 0 aliphatic heterocycles. The fourth-order valence-corrected chi connectivity index (χ4v) is 2.11. The number of nitrogens with one attached hydrogen (secondary N) is 1. The van der Waals surface area contributed by atoms with Crippen LogP contribution in [0.2, 0.25) is 0 Å². The number of nitro benzene ring substituents is 1. The van der Waals surface area contributed by atoms with Gasteiger partial charge in [0.15, 0.2) is 17.3 Å². The molecule has 0 amide bonds. The first-order chi connectivity index (χ1) is 9.93. The second-order valence-corrected chi connectivity index (χ2v) is 5.54. The van der Waals surface area contributed by atoms with Crippen molar-refractivity contribution in [3.05, 3.63) is 33.9 Å². The van der Waals surface area contributed by atoms with E-state index in [2.05, 4.69) is 19.2 Å². The molecule has 1 aromatic rings. The Balaban J connectivity index is 2.44. The van der Waals surface area contributed by atoms with Crippen molar-refractivity contribution in [3.63, 3.8) is 0 Å². The molecule has 0 aliphatic carbocycles. The fraction of sp³-hybridized carbons (Fsp3) is 0.600. The van der Waals surface area contributed by atoms with E-state index in [4.69, 9.17) is 0 Å². The monoisotopic (exact) mass is 300 g/mol. The highest BCUT2D eigenvalue weighted by molar-refractivity contribution is 5.62. The third kappa shape index (κ3) is 5.65. The minimum Gasteiger partial charge on any atom is -0.377 e. The summed E-state index contributed by atoms with van der Waals surface area (Å²) in [5, 5.41) is 13.4. The molecule has 0 bridgehead atoms.